The van der Waals surface area contributed by atoms with Crippen molar-refractivity contribution in [3.63, 3.8) is 0 Å². The number of nitrogen functional groups attached to an aromatic ring is 1. The number of carbonyl (C=O) groups is 2. The summed E-state index contributed by atoms with van der Waals surface area (Å²) >= 11 is 0. The number of hydrogen-bond acceptors (Lipinski definition) is 5. The predicted molar refractivity (Wildman–Crippen MR) is 122 cm³/mol. The smallest absolute Gasteiger partial charge is 0.254 e. The molecular formula is C23H27N7O2. The lowest BCUT2D eigenvalue weighted by atomic mass is 9.89. The van der Waals surface area contributed by atoms with Crippen molar-refractivity contribution >= 4 is 34.4 Å². The second-order valence-corrected chi connectivity index (χ2v) is 8.26. The zero-order chi connectivity index (χ0) is 22.5. The second-order valence-electron chi connectivity index (χ2n) is 8.26. The predicted octanol–water partition coefficient (Wildman–Crippen LogP) is 2.90. The van der Waals surface area contributed by atoms with E-state index in [2.05, 4.69) is 20.7 Å². The van der Waals surface area contributed by atoms with Crippen molar-refractivity contribution in [2.24, 2.45) is 11.7 Å². The van der Waals surface area contributed by atoms with Gasteiger partial charge in [0.15, 0.2) is 0 Å². The van der Waals surface area contributed by atoms with Crippen molar-refractivity contribution in [3.8, 4) is 0 Å². The molecule has 3 aromatic rings. The summed E-state index contributed by atoms with van der Waals surface area (Å²) in [6, 6.07) is 11.9. The quantitative estimate of drug-likeness (QED) is 0.335. The zero-order valence-electron chi connectivity index (χ0n) is 17.8. The van der Waals surface area contributed by atoms with Crippen molar-refractivity contribution in [1.29, 1.82) is 5.41 Å². The fourth-order valence-electron chi connectivity index (χ4n) is 4.16. The molecule has 4 rings (SSSR count). The maximum absolute atomic E-state index is 13.3. The molecule has 0 spiro atoms. The Kier molecular flexibility index (Phi) is 6.44. The molecular weight excluding hydrogens is 406 g/mol. The molecule has 9 nitrogen and oxygen atoms in total. The van der Waals surface area contributed by atoms with Crippen LogP contribution < -0.4 is 11.1 Å². The third-order valence-corrected chi connectivity index (χ3v) is 5.87. The molecule has 32 heavy (non-hydrogen) atoms. The van der Waals surface area contributed by atoms with E-state index in [0.29, 0.717) is 40.3 Å². The molecule has 0 aliphatic heterocycles. The first kappa shape index (κ1) is 21.5. The highest BCUT2D eigenvalue weighted by molar-refractivity contribution is 6.01. The average Bonchev–Trinajstić information content (AvgIpc) is 3.27. The number of anilines is 1. The van der Waals surface area contributed by atoms with Crippen LogP contribution in [0.5, 0.6) is 0 Å². The third kappa shape index (κ3) is 5.11. The summed E-state index contributed by atoms with van der Waals surface area (Å²) in [5, 5.41) is 20.9. The Bertz CT molecular complexity index is 1120. The van der Waals surface area contributed by atoms with E-state index in [9.17, 15) is 9.59 Å². The van der Waals surface area contributed by atoms with E-state index >= 15 is 0 Å². The number of nitrogens with one attached hydrogen (secondary N) is 3. The standard InChI is InChI=1S/C23H27N7O2/c24-22(25)16-6-9-18(10-7-16)26-21(31)14-30(13-15-4-2-1-3-5-15)23(32)17-8-11-19-20(12-17)28-29-27-19/h6-12,15H,1-5,13-14H2,(H3,24,25)(H,26,31)(H,27,28,29). The molecule has 1 aliphatic carbocycles. The van der Waals surface area contributed by atoms with E-state index in [1.165, 1.54) is 6.42 Å². The Hall–Kier alpha value is -3.75. The highest BCUT2D eigenvalue weighted by Gasteiger charge is 2.24. The van der Waals surface area contributed by atoms with Crippen LogP contribution in [0.1, 0.15) is 48.0 Å². The van der Waals surface area contributed by atoms with Gasteiger partial charge in [0.25, 0.3) is 5.91 Å². The van der Waals surface area contributed by atoms with Crippen LogP contribution in [0, 0.1) is 11.3 Å². The first-order valence-corrected chi connectivity index (χ1v) is 10.8. The number of aromatic nitrogens is 3. The van der Waals surface area contributed by atoms with Crippen molar-refractivity contribution in [2.45, 2.75) is 32.1 Å². The van der Waals surface area contributed by atoms with Crippen LogP contribution in [0.2, 0.25) is 0 Å². The van der Waals surface area contributed by atoms with E-state index in [-0.39, 0.29) is 24.2 Å². The summed E-state index contributed by atoms with van der Waals surface area (Å²) in [5.41, 5.74) is 8.44. The van der Waals surface area contributed by atoms with Crippen LogP contribution in [0.4, 0.5) is 5.69 Å². The zero-order valence-corrected chi connectivity index (χ0v) is 17.8. The molecule has 0 bridgehead atoms. The summed E-state index contributed by atoms with van der Waals surface area (Å²) in [7, 11) is 0. The molecule has 166 valence electrons. The van der Waals surface area contributed by atoms with Crippen molar-refractivity contribution in [1.82, 2.24) is 20.3 Å². The minimum Gasteiger partial charge on any atom is -0.384 e. The maximum Gasteiger partial charge on any atom is 0.254 e. The SMILES string of the molecule is N=C(N)c1ccc(NC(=O)CN(CC2CCCCC2)C(=O)c2ccc3n[nH]nc3c2)cc1. The monoisotopic (exact) mass is 433 g/mol. The molecule has 0 unspecified atom stereocenters. The van der Waals surface area contributed by atoms with Crippen LogP contribution in [-0.4, -0.2) is 51.1 Å². The number of fused-ring (bicyclic) bond motifs is 1. The number of H-pyrrole nitrogens is 1. The molecule has 0 radical (unpaired) electrons. The highest BCUT2D eigenvalue weighted by Crippen LogP contribution is 2.25. The first-order valence-electron chi connectivity index (χ1n) is 10.8. The fourth-order valence-corrected chi connectivity index (χ4v) is 4.16. The Morgan fingerprint density at radius 2 is 1.72 bits per heavy atom. The van der Waals surface area contributed by atoms with Gasteiger partial charge in [-0.15, -0.1) is 0 Å². The van der Waals surface area contributed by atoms with Crippen molar-refractivity contribution in [3.05, 3.63) is 53.6 Å². The molecule has 1 fully saturated rings. The van der Waals surface area contributed by atoms with Crippen molar-refractivity contribution < 1.29 is 9.59 Å². The van der Waals surface area contributed by atoms with Crippen molar-refractivity contribution in [2.75, 3.05) is 18.4 Å². The summed E-state index contributed by atoms with van der Waals surface area (Å²) in [4.78, 5) is 27.8. The lowest BCUT2D eigenvalue weighted by Crippen LogP contribution is -2.41. The Morgan fingerprint density at radius 3 is 2.44 bits per heavy atom. The van der Waals surface area contributed by atoms with Crippen LogP contribution in [0.3, 0.4) is 0 Å². The lowest BCUT2D eigenvalue weighted by molar-refractivity contribution is -0.117. The minimum atomic E-state index is -0.271. The number of nitrogens with zero attached hydrogens (tertiary/aromatic N) is 3. The Balaban J connectivity index is 1.49. The van der Waals surface area contributed by atoms with Gasteiger partial charge < -0.3 is 16.0 Å². The van der Waals surface area contributed by atoms with Crippen LogP contribution in [-0.2, 0) is 4.79 Å². The van der Waals surface area contributed by atoms with Gasteiger partial charge in [-0.2, -0.15) is 15.4 Å². The fraction of sp³-hybridized carbons (Fsp3) is 0.348. The van der Waals surface area contributed by atoms with E-state index < -0.39 is 0 Å². The molecule has 2 aromatic carbocycles. The topological polar surface area (TPSA) is 141 Å². The average molecular weight is 434 g/mol. The Labute approximate surface area is 185 Å². The molecule has 1 aliphatic rings. The maximum atomic E-state index is 13.3. The minimum absolute atomic E-state index is 0.0313. The van der Waals surface area contributed by atoms with Gasteiger partial charge in [0.05, 0.1) is 0 Å². The molecule has 0 atom stereocenters. The summed E-state index contributed by atoms with van der Waals surface area (Å²) < 4.78 is 0. The number of nitrogens with two attached hydrogens (primary N) is 1. The summed E-state index contributed by atoms with van der Waals surface area (Å²) in [5.74, 6) is -0.0999. The molecule has 1 saturated carbocycles. The van der Waals surface area contributed by atoms with Crippen LogP contribution >= 0.6 is 0 Å². The third-order valence-electron chi connectivity index (χ3n) is 5.87. The molecule has 9 heteroatoms. The van der Waals surface area contributed by atoms with Gasteiger partial charge in [-0.3, -0.25) is 15.0 Å². The normalized spacial score (nSPS) is 14.2. The van der Waals surface area contributed by atoms with Gasteiger partial charge in [0.1, 0.15) is 23.4 Å². The summed E-state index contributed by atoms with van der Waals surface area (Å²) in [6.07, 6.45) is 5.68. The van der Waals surface area contributed by atoms with E-state index in [1.54, 1.807) is 47.4 Å². The van der Waals surface area contributed by atoms with Crippen LogP contribution in [0.25, 0.3) is 11.0 Å². The largest absolute Gasteiger partial charge is 0.384 e. The van der Waals surface area contributed by atoms with Crippen LogP contribution in [0.15, 0.2) is 42.5 Å². The van der Waals surface area contributed by atoms with Gasteiger partial charge in [-0.05, 0) is 61.2 Å². The molecule has 1 aromatic heterocycles. The van der Waals surface area contributed by atoms with Gasteiger partial charge in [0, 0.05) is 23.4 Å². The van der Waals surface area contributed by atoms with Gasteiger partial charge in [-0.25, -0.2) is 0 Å². The highest BCUT2D eigenvalue weighted by atomic mass is 16.2. The number of rotatable bonds is 7. The van der Waals surface area contributed by atoms with Gasteiger partial charge >= 0.3 is 0 Å². The number of benzene rings is 2. The number of hydrogen-bond donors (Lipinski definition) is 4. The van der Waals surface area contributed by atoms with E-state index in [4.69, 9.17) is 11.1 Å². The number of carbonyl (C=O) groups excluding carboxylic acids is 2. The lowest BCUT2D eigenvalue weighted by Gasteiger charge is -2.29. The second kappa shape index (κ2) is 9.59. The van der Waals surface area contributed by atoms with E-state index in [1.807, 2.05) is 0 Å². The van der Waals surface area contributed by atoms with E-state index in [0.717, 1.165) is 25.7 Å². The molecule has 0 saturated heterocycles. The first-order chi connectivity index (χ1) is 15.5. The van der Waals surface area contributed by atoms with Gasteiger partial charge in [-0.1, -0.05) is 19.3 Å². The molecule has 1 heterocycles. The number of amidine groups is 1. The molecule has 5 N–H and O–H groups in total. The Morgan fingerprint density at radius 1 is 1.03 bits per heavy atom. The summed E-state index contributed by atoms with van der Waals surface area (Å²) in [6.45, 7) is 0.507. The molecule has 2 amide bonds. The van der Waals surface area contributed by atoms with Gasteiger partial charge in [0.2, 0.25) is 5.91 Å². The number of aromatic amines is 1. The number of amides is 2.